The number of nitrogens with zero attached hydrogens (tertiary/aromatic N) is 2. The summed E-state index contributed by atoms with van der Waals surface area (Å²) < 4.78 is 51.4. The van der Waals surface area contributed by atoms with Crippen molar-refractivity contribution in [1.82, 2.24) is 4.90 Å². The predicted octanol–water partition coefficient (Wildman–Crippen LogP) is 1.76. The SMILES string of the molecule is Cc1ccc(S(=O)(=O)[C@@H]2CS(=O)(=O)C[C@H]2N2CCN(c3ccccc3)CC2)cc1. The van der Waals surface area contributed by atoms with Crippen LogP contribution in [0.15, 0.2) is 59.5 Å². The van der Waals surface area contributed by atoms with Crippen molar-refractivity contribution >= 4 is 25.4 Å². The standard InChI is InChI=1S/C21H26N2O4S2/c1-17-7-9-19(10-8-17)29(26,27)21-16-28(24,25)15-20(21)23-13-11-22(12-14-23)18-5-3-2-4-6-18/h2-10,20-21H,11-16H2,1H3/t20-,21-/m1/s1. The lowest BCUT2D eigenvalue weighted by Gasteiger charge is -2.40. The molecule has 0 saturated carbocycles. The molecule has 0 radical (unpaired) electrons. The number of hydrogen-bond donors (Lipinski definition) is 0. The van der Waals surface area contributed by atoms with Crippen LogP contribution in [0.3, 0.4) is 0 Å². The minimum Gasteiger partial charge on any atom is -0.369 e. The molecule has 2 aliphatic heterocycles. The summed E-state index contributed by atoms with van der Waals surface area (Å²) >= 11 is 0. The molecular formula is C21H26N2O4S2. The molecule has 0 spiro atoms. The van der Waals surface area contributed by atoms with E-state index in [1.54, 1.807) is 24.3 Å². The van der Waals surface area contributed by atoms with Crippen molar-refractivity contribution in [3.05, 3.63) is 60.2 Å². The van der Waals surface area contributed by atoms with Crippen LogP contribution in [0.2, 0.25) is 0 Å². The van der Waals surface area contributed by atoms with Crippen LogP contribution >= 0.6 is 0 Å². The van der Waals surface area contributed by atoms with E-state index in [4.69, 9.17) is 0 Å². The number of hydrogen-bond acceptors (Lipinski definition) is 6. The van der Waals surface area contributed by atoms with E-state index in [9.17, 15) is 16.8 Å². The molecule has 156 valence electrons. The summed E-state index contributed by atoms with van der Waals surface area (Å²) in [4.78, 5) is 4.52. The lowest BCUT2D eigenvalue weighted by molar-refractivity contribution is 0.201. The van der Waals surface area contributed by atoms with Crippen LogP contribution in [-0.4, -0.2) is 70.7 Å². The second kappa shape index (κ2) is 7.74. The predicted molar refractivity (Wildman–Crippen MR) is 115 cm³/mol. The first-order valence-corrected chi connectivity index (χ1v) is 13.2. The molecule has 0 amide bonds. The third-order valence-electron chi connectivity index (χ3n) is 5.92. The van der Waals surface area contributed by atoms with Gasteiger partial charge in [-0.15, -0.1) is 0 Å². The number of anilines is 1. The molecule has 0 unspecified atom stereocenters. The van der Waals surface area contributed by atoms with E-state index < -0.39 is 31.0 Å². The zero-order valence-corrected chi connectivity index (χ0v) is 18.1. The van der Waals surface area contributed by atoms with Gasteiger partial charge < -0.3 is 4.90 Å². The van der Waals surface area contributed by atoms with Crippen molar-refractivity contribution in [1.29, 1.82) is 0 Å². The first-order chi connectivity index (χ1) is 13.8. The Morgan fingerprint density at radius 1 is 0.862 bits per heavy atom. The maximum Gasteiger partial charge on any atom is 0.183 e. The van der Waals surface area contributed by atoms with Gasteiger partial charge in [0, 0.05) is 37.9 Å². The number of sulfone groups is 2. The third-order valence-corrected chi connectivity index (χ3v) is 10.1. The van der Waals surface area contributed by atoms with E-state index in [1.807, 2.05) is 25.1 Å². The van der Waals surface area contributed by atoms with Crippen LogP contribution in [0.4, 0.5) is 5.69 Å². The number of rotatable bonds is 4. The molecule has 2 saturated heterocycles. The molecule has 0 bridgehead atoms. The fourth-order valence-electron chi connectivity index (χ4n) is 4.29. The van der Waals surface area contributed by atoms with Crippen LogP contribution in [0.25, 0.3) is 0 Å². The highest BCUT2D eigenvalue weighted by Crippen LogP contribution is 2.30. The van der Waals surface area contributed by atoms with E-state index in [-0.39, 0.29) is 16.4 Å². The summed E-state index contributed by atoms with van der Waals surface area (Å²) in [6.07, 6.45) is 0. The number of aryl methyl sites for hydroxylation is 1. The summed E-state index contributed by atoms with van der Waals surface area (Å²) in [6.45, 7) is 4.69. The minimum atomic E-state index is -3.73. The molecule has 2 aliphatic rings. The van der Waals surface area contributed by atoms with Crippen LogP contribution in [0.5, 0.6) is 0 Å². The van der Waals surface area contributed by atoms with Gasteiger partial charge in [-0.1, -0.05) is 35.9 Å². The van der Waals surface area contributed by atoms with E-state index in [1.165, 1.54) is 0 Å². The normalized spacial score (nSPS) is 25.2. The van der Waals surface area contributed by atoms with Crippen molar-refractivity contribution < 1.29 is 16.8 Å². The molecule has 0 aliphatic carbocycles. The second-order valence-electron chi connectivity index (χ2n) is 7.90. The zero-order chi connectivity index (χ0) is 20.6. The quantitative estimate of drug-likeness (QED) is 0.730. The van der Waals surface area contributed by atoms with Crippen molar-refractivity contribution in [3.63, 3.8) is 0 Å². The highest BCUT2D eigenvalue weighted by molar-refractivity contribution is 7.96. The largest absolute Gasteiger partial charge is 0.369 e. The Labute approximate surface area is 173 Å². The van der Waals surface area contributed by atoms with Gasteiger partial charge in [-0.25, -0.2) is 16.8 Å². The highest BCUT2D eigenvalue weighted by Gasteiger charge is 2.48. The molecule has 4 rings (SSSR count). The third kappa shape index (κ3) is 4.20. The Morgan fingerprint density at radius 3 is 2.10 bits per heavy atom. The second-order valence-corrected chi connectivity index (χ2v) is 12.2. The molecule has 2 aromatic rings. The average molecular weight is 435 g/mol. The first kappa shape index (κ1) is 20.4. The van der Waals surface area contributed by atoms with Crippen molar-refractivity contribution in [3.8, 4) is 0 Å². The summed E-state index contributed by atoms with van der Waals surface area (Å²) in [6, 6.07) is 16.3. The molecule has 2 aromatic carbocycles. The lowest BCUT2D eigenvalue weighted by atomic mass is 10.1. The van der Waals surface area contributed by atoms with E-state index in [0.717, 1.165) is 24.3 Å². The first-order valence-electron chi connectivity index (χ1n) is 9.81. The molecule has 0 aromatic heterocycles. The van der Waals surface area contributed by atoms with Gasteiger partial charge >= 0.3 is 0 Å². The summed E-state index contributed by atoms with van der Waals surface area (Å²) in [7, 11) is -7.12. The Bertz CT molecular complexity index is 1060. The topological polar surface area (TPSA) is 74.8 Å². The maximum atomic E-state index is 13.3. The average Bonchev–Trinajstić information content (AvgIpc) is 3.05. The molecular weight excluding hydrogens is 408 g/mol. The summed E-state index contributed by atoms with van der Waals surface area (Å²) in [5.74, 6) is -0.388. The van der Waals surface area contributed by atoms with Crippen molar-refractivity contribution in [2.24, 2.45) is 0 Å². The molecule has 2 atom stereocenters. The van der Waals surface area contributed by atoms with Gasteiger partial charge in [-0.3, -0.25) is 4.90 Å². The van der Waals surface area contributed by atoms with Gasteiger partial charge in [-0.2, -0.15) is 0 Å². The summed E-state index contributed by atoms with van der Waals surface area (Å²) in [5, 5.41) is -0.918. The molecule has 6 nitrogen and oxygen atoms in total. The number of para-hydroxylation sites is 1. The number of benzene rings is 2. The van der Waals surface area contributed by atoms with Gasteiger partial charge in [0.2, 0.25) is 0 Å². The lowest BCUT2D eigenvalue weighted by Crippen LogP contribution is -2.55. The van der Waals surface area contributed by atoms with Crippen molar-refractivity contribution in [2.75, 3.05) is 42.6 Å². The Balaban J connectivity index is 1.55. The van der Waals surface area contributed by atoms with Gasteiger partial charge in [0.1, 0.15) is 0 Å². The molecule has 8 heteroatoms. The van der Waals surface area contributed by atoms with Crippen LogP contribution < -0.4 is 4.90 Å². The molecule has 2 heterocycles. The van der Waals surface area contributed by atoms with Gasteiger partial charge in [0.25, 0.3) is 0 Å². The van der Waals surface area contributed by atoms with E-state index in [0.29, 0.717) is 13.1 Å². The molecule has 2 fully saturated rings. The Hall–Kier alpha value is -1.90. The fourth-order valence-corrected chi connectivity index (χ4v) is 9.12. The van der Waals surface area contributed by atoms with Crippen molar-refractivity contribution in [2.45, 2.75) is 23.1 Å². The molecule has 0 N–H and O–H groups in total. The Kier molecular flexibility index (Phi) is 5.44. The van der Waals surface area contributed by atoms with Gasteiger partial charge in [-0.05, 0) is 31.2 Å². The highest BCUT2D eigenvalue weighted by atomic mass is 32.2. The van der Waals surface area contributed by atoms with Crippen LogP contribution in [0.1, 0.15) is 5.56 Å². The Morgan fingerprint density at radius 2 is 1.48 bits per heavy atom. The number of piperazine rings is 1. The monoisotopic (exact) mass is 434 g/mol. The van der Waals surface area contributed by atoms with Gasteiger partial charge in [0.15, 0.2) is 19.7 Å². The smallest absolute Gasteiger partial charge is 0.183 e. The summed E-state index contributed by atoms with van der Waals surface area (Å²) in [5.41, 5.74) is 2.10. The van der Waals surface area contributed by atoms with Gasteiger partial charge in [0.05, 0.1) is 21.7 Å². The van der Waals surface area contributed by atoms with E-state index in [2.05, 4.69) is 21.9 Å². The minimum absolute atomic E-state index is 0.0892. The molecule has 29 heavy (non-hydrogen) atoms. The zero-order valence-electron chi connectivity index (χ0n) is 16.4. The fraction of sp³-hybridized carbons (Fsp3) is 0.429. The van der Waals surface area contributed by atoms with Crippen LogP contribution in [0, 0.1) is 6.92 Å². The van der Waals surface area contributed by atoms with E-state index >= 15 is 0 Å². The van der Waals surface area contributed by atoms with Crippen LogP contribution in [-0.2, 0) is 19.7 Å². The maximum absolute atomic E-state index is 13.3.